The molecular formula is C14H17ClN4. The lowest BCUT2D eigenvalue weighted by Crippen LogP contribution is -2.02. The Morgan fingerprint density at radius 2 is 2.16 bits per heavy atom. The Hall–Kier alpha value is -1.42. The van der Waals surface area contributed by atoms with Crippen LogP contribution < -0.4 is 0 Å². The molecule has 100 valence electrons. The molecule has 2 unspecified atom stereocenters. The molecular weight excluding hydrogens is 260 g/mol. The maximum absolute atomic E-state index is 6.14. The summed E-state index contributed by atoms with van der Waals surface area (Å²) in [6.45, 7) is 2.28. The van der Waals surface area contributed by atoms with Gasteiger partial charge >= 0.3 is 0 Å². The van der Waals surface area contributed by atoms with Crippen molar-refractivity contribution in [1.82, 2.24) is 19.7 Å². The van der Waals surface area contributed by atoms with Gasteiger partial charge in [-0.25, -0.2) is 9.97 Å². The molecule has 0 N–H and O–H groups in total. The van der Waals surface area contributed by atoms with Gasteiger partial charge in [0.2, 0.25) is 0 Å². The zero-order valence-corrected chi connectivity index (χ0v) is 11.9. The van der Waals surface area contributed by atoms with Gasteiger partial charge in [-0.15, -0.1) is 0 Å². The molecule has 0 saturated heterocycles. The lowest BCUT2D eigenvalue weighted by atomic mass is 10.1. The zero-order valence-electron chi connectivity index (χ0n) is 11.2. The lowest BCUT2D eigenvalue weighted by molar-refractivity contribution is 0.585. The van der Waals surface area contributed by atoms with Gasteiger partial charge in [-0.1, -0.05) is 18.5 Å². The van der Waals surface area contributed by atoms with Gasteiger partial charge in [0.25, 0.3) is 0 Å². The van der Waals surface area contributed by atoms with E-state index >= 15 is 0 Å². The third-order valence-corrected chi connectivity index (χ3v) is 3.97. The first-order valence-corrected chi connectivity index (χ1v) is 7.03. The van der Waals surface area contributed by atoms with Crippen LogP contribution in [0.5, 0.6) is 0 Å². The highest BCUT2D eigenvalue weighted by Crippen LogP contribution is 2.37. The van der Waals surface area contributed by atoms with Gasteiger partial charge in [0, 0.05) is 30.8 Å². The van der Waals surface area contributed by atoms with E-state index in [1.807, 2.05) is 13.2 Å². The van der Waals surface area contributed by atoms with Gasteiger partial charge in [0.05, 0.1) is 11.9 Å². The summed E-state index contributed by atoms with van der Waals surface area (Å²) < 4.78 is 1.77. The van der Waals surface area contributed by atoms with Crippen molar-refractivity contribution in [3.05, 3.63) is 29.4 Å². The number of hydrogen-bond donors (Lipinski definition) is 0. The number of aromatic nitrogens is 4. The van der Waals surface area contributed by atoms with Crippen LogP contribution in [0.25, 0.3) is 11.3 Å². The summed E-state index contributed by atoms with van der Waals surface area (Å²) >= 11 is 6.14. The maximum Gasteiger partial charge on any atom is 0.133 e. The van der Waals surface area contributed by atoms with Crippen molar-refractivity contribution < 1.29 is 0 Å². The van der Waals surface area contributed by atoms with E-state index in [4.69, 9.17) is 11.6 Å². The minimum absolute atomic E-state index is 0.448. The molecule has 4 nitrogen and oxygen atoms in total. The molecule has 1 fully saturated rings. The molecule has 1 aliphatic rings. The topological polar surface area (TPSA) is 43.6 Å². The lowest BCUT2D eigenvalue weighted by Gasteiger charge is -2.09. The molecule has 0 aromatic carbocycles. The monoisotopic (exact) mass is 276 g/mol. The summed E-state index contributed by atoms with van der Waals surface area (Å²) in [5.74, 6) is 2.09. The Kier molecular flexibility index (Phi) is 3.27. The average molecular weight is 277 g/mol. The molecule has 0 amide bonds. The molecule has 0 aliphatic heterocycles. The highest BCUT2D eigenvalue weighted by molar-refractivity contribution is 6.29. The fourth-order valence-electron chi connectivity index (χ4n) is 2.76. The molecule has 2 atom stereocenters. The van der Waals surface area contributed by atoms with E-state index in [0.29, 0.717) is 11.1 Å². The highest BCUT2D eigenvalue weighted by Gasteiger charge is 2.25. The second-order valence-electron chi connectivity index (χ2n) is 5.45. The van der Waals surface area contributed by atoms with E-state index in [1.165, 1.54) is 6.42 Å². The number of halogens is 1. The van der Waals surface area contributed by atoms with Gasteiger partial charge in [0.1, 0.15) is 11.0 Å². The fourth-order valence-corrected chi connectivity index (χ4v) is 2.95. The number of hydrogen-bond acceptors (Lipinski definition) is 3. The first kappa shape index (κ1) is 12.6. The largest absolute Gasteiger partial charge is 0.275 e. The third kappa shape index (κ3) is 2.63. The van der Waals surface area contributed by atoms with Gasteiger partial charge in [-0.2, -0.15) is 5.10 Å². The van der Waals surface area contributed by atoms with Crippen LogP contribution in [0, 0.1) is 5.92 Å². The van der Waals surface area contributed by atoms with Crippen molar-refractivity contribution in [1.29, 1.82) is 0 Å². The molecule has 2 aromatic heterocycles. The molecule has 0 radical (unpaired) electrons. The quantitative estimate of drug-likeness (QED) is 0.789. The van der Waals surface area contributed by atoms with Crippen LogP contribution in [-0.4, -0.2) is 19.7 Å². The summed E-state index contributed by atoms with van der Waals surface area (Å²) in [6, 6.07) is 1.81. The van der Waals surface area contributed by atoms with Gasteiger partial charge in [-0.05, 0) is 25.2 Å². The summed E-state index contributed by atoms with van der Waals surface area (Å²) in [6.07, 6.45) is 7.32. The molecule has 1 aliphatic carbocycles. The number of nitrogens with zero attached hydrogens (tertiary/aromatic N) is 4. The smallest absolute Gasteiger partial charge is 0.133 e. The summed E-state index contributed by atoms with van der Waals surface area (Å²) in [7, 11) is 1.89. The first-order chi connectivity index (χ1) is 9.11. The second kappa shape index (κ2) is 4.93. The van der Waals surface area contributed by atoms with Crippen molar-refractivity contribution in [3.8, 4) is 11.3 Å². The molecule has 2 aromatic rings. The first-order valence-electron chi connectivity index (χ1n) is 6.65. The maximum atomic E-state index is 6.14. The normalized spacial score (nSPS) is 22.9. The zero-order chi connectivity index (χ0) is 13.4. The van der Waals surface area contributed by atoms with Crippen molar-refractivity contribution in [2.24, 2.45) is 13.0 Å². The summed E-state index contributed by atoms with van der Waals surface area (Å²) in [5.41, 5.74) is 1.85. The second-order valence-corrected chi connectivity index (χ2v) is 5.84. The van der Waals surface area contributed by atoms with Crippen molar-refractivity contribution in [2.45, 2.75) is 32.1 Å². The third-order valence-electron chi connectivity index (χ3n) is 3.77. The highest BCUT2D eigenvalue weighted by atomic mass is 35.5. The summed E-state index contributed by atoms with van der Waals surface area (Å²) in [4.78, 5) is 9.09. The predicted octanol–water partition coefficient (Wildman–Crippen LogP) is 3.43. The molecule has 1 saturated carbocycles. The van der Waals surface area contributed by atoms with Crippen LogP contribution in [0.4, 0.5) is 0 Å². The molecule has 3 rings (SSSR count). The molecule has 0 spiro atoms. The minimum atomic E-state index is 0.448. The van der Waals surface area contributed by atoms with Gasteiger partial charge in [-0.3, -0.25) is 4.68 Å². The number of aryl methyl sites for hydroxylation is 1. The average Bonchev–Trinajstić information content (AvgIpc) is 2.97. The molecule has 19 heavy (non-hydrogen) atoms. The van der Waals surface area contributed by atoms with E-state index in [0.717, 1.165) is 35.8 Å². The summed E-state index contributed by atoms with van der Waals surface area (Å²) in [5, 5.41) is 4.69. The Labute approximate surface area is 117 Å². The van der Waals surface area contributed by atoms with Crippen LogP contribution in [-0.2, 0) is 7.05 Å². The van der Waals surface area contributed by atoms with Crippen molar-refractivity contribution in [2.75, 3.05) is 0 Å². The van der Waals surface area contributed by atoms with E-state index in [-0.39, 0.29) is 0 Å². The SMILES string of the molecule is CC1CCC(c2nc(Cl)cc(-c3cnn(C)c3)n2)C1. The molecule has 0 bridgehead atoms. The number of rotatable bonds is 2. The Morgan fingerprint density at radius 3 is 2.79 bits per heavy atom. The fraction of sp³-hybridized carbons (Fsp3) is 0.500. The predicted molar refractivity (Wildman–Crippen MR) is 75.0 cm³/mol. The van der Waals surface area contributed by atoms with E-state index in [1.54, 1.807) is 16.9 Å². The Morgan fingerprint density at radius 1 is 1.32 bits per heavy atom. The van der Waals surface area contributed by atoms with E-state index < -0.39 is 0 Å². The van der Waals surface area contributed by atoms with Crippen molar-refractivity contribution in [3.63, 3.8) is 0 Å². The Balaban J connectivity index is 1.96. The van der Waals surface area contributed by atoms with E-state index in [2.05, 4.69) is 22.0 Å². The van der Waals surface area contributed by atoms with Crippen LogP contribution >= 0.6 is 11.6 Å². The Bertz CT molecular complexity index is 593. The van der Waals surface area contributed by atoms with Gasteiger partial charge in [0.15, 0.2) is 0 Å². The van der Waals surface area contributed by atoms with E-state index in [9.17, 15) is 0 Å². The molecule has 2 heterocycles. The van der Waals surface area contributed by atoms with Crippen LogP contribution in [0.2, 0.25) is 5.15 Å². The molecule has 5 heteroatoms. The van der Waals surface area contributed by atoms with Crippen LogP contribution in [0.3, 0.4) is 0 Å². The standard InChI is InChI=1S/C14H17ClN4/c1-9-3-4-10(5-9)14-17-12(6-13(15)18-14)11-7-16-19(2)8-11/h6-10H,3-5H2,1-2H3. The van der Waals surface area contributed by atoms with Crippen molar-refractivity contribution >= 4 is 11.6 Å². The minimum Gasteiger partial charge on any atom is -0.275 e. The van der Waals surface area contributed by atoms with Crippen LogP contribution in [0.1, 0.15) is 37.9 Å². The van der Waals surface area contributed by atoms with Crippen LogP contribution in [0.15, 0.2) is 18.5 Å². The van der Waals surface area contributed by atoms with Gasteiger partial charge < -0.3 is 0 Å².